The maximum absolute atomic E-state index is 12.8. The van der Waals surface area contributed by atoms with Crippen LogP contribution in [0.2, 0.25) is 0 Å². The summed E-state index contributed by atoms with van der Waals surface area (Å²) in [4.78, 5) is 13.1. The van der Waals surface area contributed by atoms with Crippen molar-refractivity contribution in [1.29, 1.82) is 0 Å². The molecule has 1 saturated heterocycles. The fourth-order valence-electron chi connectivity index (χ4n) is 3.20. The summed E-state index contributed by atoms with van der Waals surface area (Å²) in [5.74, 6) is 0.712. The van der Waals surface area contributed by atoms with Crippen molar-refractivity contribution in [3.05, 3.63) is 52.5 Å². The molecule has 1 fully saturated rings. The predicted octanol–water partition coefficient (Wildman–Crippen LogP) is 4.91. The van der Waals surface area contributed by atoms with Crippen LogP contribution in [-0.4, -0.2) is 38.3 Å². The summed E-state index contributed by atoms with van der Waals surface area (Å²) in [7, 11) is -3.47. The van der Waals surface area contributed by atoms with Crippen molar-refractivity contribution < 1.29 is 17.9 Å². The number of anilines is 1. The lowest BCUT2D eigenvalue weighted by Gasteiger charge is -2.16. The van der Waals surface area contributed by atoms with Crippen LogP contribution in [0.15, 0.2) is 51.8 Å². The zero-order valence-electron chi connectivity index (χ0n) is 17.2. The number of nitrogens with one attached hydrogen (secondary N) is 1. The number of carbonyl (C=O) groups is 1. The van der Waals surface area contributed by atoms with Crippen LogP contribution < -0.4 is 10.1 Å². The zero-order chi connectivity index (χ0) is 21.7. The molecule has 8 heteroatoms. The molecule has 2 aromatic carbocycles. The average molecular weight is 495 g/mol. The van der Waals surface area contributed by atoms with Crippen molar-refractivity contribution >= 4 is 37.5 Å². The Morgan fingerprint density at radius 3 is 2.43 bits per heavy atom. The topological polar surface area (TPSA) is 75.7 Å². The molecule has 0 atom stereocenters. The Hall–Kier alpha value is -1.90. The maximum atomic E-state index is 12.8. The van der Waals surface area contributed by atoms with Crippen LogP contribution in [0.25, 0.3) is 0 Å². The van der Waals surface area contributed by atoms with Gasteiger partial charge in [-0.3, -0.25) is 4.79 Å². The highest BCUT2D eigenvalue weighted by Gasteiger charge is 2.27. The normalized spacial score (nSPS) is 14.8. The Kier molecular flexibility index (Phi) is 7.55. The molecule has 1 N–H and O–H groups in total. The first-order valence-corrected chi connectivity index (χ1v) is 12.3. The fraction of sp³-hybridized carbons (Fsp3) is 0.409. The monoisotopic (exact) mass is 494 g/mol. The summed E-state index contributed by atoms with van der Waals surface area (Å²) in [5, 5.41) is 2.83. The van der Waals surface area contributed by atoms with Gasteiger partial charge < -0.3 is 10.1 Å². The van der Waals surface area contributed by atoms with E-state index in [1.165, 1.54) is 16.4 Å². The molecule has 0 aromatic heterocycles. The van der Waals surface area contributed by atoms with Gasteiger partial charge in [0.15, 0.2) is 0 Å². The highest BCUT2D eigenvalue weighted by molar-refractivity contribution is 9.10. The first-order chi connectivity index (χ1) is 14.3. The maximum Gasteiger partial charge on any atom is 0.259 e. The van der Waals surface area contributed by atoms with E-state index < -0.39 is 10.0 Å². The van der Waals surface area contributed by atoms with E-state index in [-0.39, 0.29) is 10.8 Å². The van der Waals surface area contributed by atoms with Gasteiger partial charge in [-0.25, -0.2) is 8.42 Å². The lowest BCUT2D eigenvalue weighted by Crippen LogP contribution is -2.27. The van der Waals surface area contributed by atoms with Gasteiger partial charge in [0.2, 0.25) is 10.0 Å². The molecule has 0 radical (unpaired) electrons. The number of halogens is 1. The van der Waals surface area contributed by atoms with Gasteiger partial charge in [-0.2, -0.15) is 4.31 Å². The second-order valence-corrected chi connectivity index (χ2v) is 10.6. The van der Waals surface area contributed by atoms with Crippen molar-refractivity contribution in [3.8, 4) is 5.75 Å². The van der Waals surface area contributed by atoms with Crippen LogP contribution in [0.1, 0.15) is 43.5 Å². The van der Waals surface area contributed by atoms with Gasteiger partial charge >= 0.3 is 0 Å². The van der Waals surface area contributed by atoms with E-state index in [9.17, 15) is 13.2 Å². The molecule has 1 amide bonds. The first-order valence-electron chi connectivity index (χ1n) is 10.1. The summed E-state index contributed by atoms with van der Waals surface area (Å²) in [6, 6.07) is 11.6. The number of amides is 1. The van der Waals surface area contributed by atoms with Gasteiger partial charge in [0.25, 0.3) is 5.91 Å². The smallest absolute Gasteiger partial charge is 0.259 e. The fourth-order valence-corrected chi connectivity index (χ4v) is 5.07. The molecule has 0 aliphatic carbocycles. The van der Waals surface area contributed by atoms with E-state index in [2.05, 4.69) is 35.1 Å². The second-order valence-electron chi connectivity index (χ2n) is 7.76. The van der Waals surface area contributed by atoms with E-state index in [1.54, 1.807) is 24.3 Å². The zero-order valence-corrected chi connectivity index (χ0v) is 19.6. The minimum Gasteiger partial charge on any atom is -0.493 e. The van der Waals surface area contributed by atoms with Crippen LogP contribution in [0.5, 0.6) is 5.75 Å². The molecule has 2 aromatic rings. The van der Waals surface area contributed by atoms with Crippen molar-refractivity contribution in [1.82, 2.24) is 4.31 Å². The number of carbonyl (C=O) groups excluding carboxylic acids is 1. The summed E-state index contributed by atoms with van der Waals surface area (Å²) in [6.07, 6.45) is 2.67. The molecular weight excluding hydrogens is 468 g/mol. The number of hydrogen-bond donors (Lipinski definition) is 1. The van der Waals surface area contributed by atoms with Gasteiger partial charge in [-0.05, 0) is 67.6 Å². The molecule has 6 nitrogen and oxygen atoms in total. The van der Waals surface area contributed by atoms with Crippen LogP contribution in [-0.2, 0) is 10.0 Å². The predicted molar refractivity (Wildman–Crippen MR) is 121 cm³/mol. The third kappa shape index (κ3) is 5.62. The molecule has 0 spiro atoms. The lowest BCUT2D eigenvalue weighted by molar-refractivity contribution is 0.102. The summed E-state index contributed by atoms with van der Waals surface area (Å²) in [5.41, 5.74) is 0.940. The van der Waals surface area contributed by atoms with E-state index in [4.69, 9.17) is 4.74 Å². The molecule has 162 valence electrons. The minimum absolute atomic E-state index is 0.238. The van der Waals surface area contributed by atoms with E-state index >= 15 is 0 Å². The molecule has 0 saturated carbocycles. The number of rotatable bonds is 8. The number of benzene rings is 2. The lowest BCUT2D eigenvalue weighted by atomic mass is 10.1. The Balaban J connectivity index is 1.72. The highest BCUT2D eigenvalue weighted by atomic mass is 79.9. The molecule has 3 rings (SSSR count). The summed E-state index contributed by atoms with van der Waals surface area (Å²) < 4.78 is 33.4. The van der Waals surface area contributed by atoms with Crippen LogP contribution in [0, 0.1) is 5.92 Å². The van der Waals surface area contributed by atoms with Crippen LogP contribution in [0.3, 0.4) is 0 Å². The van der Waals surface area contributed by atoms with Gasteiger partial charge in [0, 0.05) is 23.2 Å². The van der Waals surface area contributed by atoms with Crippen LogP contribution >= 0.6 is 15.9 Å². The number of sulfonamides is 1. The Morgan fingerprint density at radius 1 is 1.13 bits per heavy atom. The van der Waals surface area contributed by atoms with Crippen molar-refractivity contribution in [2.24, 2.45) is 5.92 Å². The minimum atomic E-state index is -3.47. The number of nitrogens with zero attached hydrogens (tertiary/aromatic N) is 1. The first kappa shape index (κ1) is 22.8. The summed E-state index contributed by atoms with van der Waals surface area (Å²) >= 11 is 3.40. The molecular formula is C22H27BrN2O4S. The Morgan fingerprint density at radius 2 is 1.80 bits per heavy atom. The standard InChI is InChI=1S/C22H27BrN2O4S/c1-16(2)11-14-29-21-10-5-17(23)15-20(21)22(26)24-18-6-8-19(9-7-18)30(27,28)25-12-3-4-13-25/h5-10,15-16H,3-4,11-14H2,1-2H3,(H,24,26). The molecule has 1 aliphatic heterocycles. The quantitative estimate of drug-likeness (QED) is 0.565. The third-order valence-corrected chi connectivity index (χ3v) is 7.36. The summed E-state index contributed by atoms with van der Waals surface area (Å²) in [6.45, 7) is 5.88. The third-order valence-electron chi connectivity index (χ3n) is 4.95. The van der Waals surface area contributed by atoms with Crippen molar-refractivity contribution in [2.45, 2.75) is 38.0 Å². The molecule has 1 heterocycles. The molecule has 1 aliphatic rings. The van der Waals surface area contributed by atoms with E-state index in [0.29, 0.717) is 42.6 Å². The van der Waals surface area contributed by atoms with E-state index in [1.807, 2.05) is 6.07 Å². The largest absolute Gasteiger partial charge is 0.493 e. The van der Waals surface area contributed by atoms with Crippen molar-refractivity contribution in [2.75, 3.05) is 25.0 Å². The number of ether oxygens (including phenoxy) is 1. The van der Waals surface area contributed by atoms with Crippen molar-refractivity contribution in [3.63, 3.8) is 0 Å². The Bertz CT molecular complexity index is 985. The van der Waals surface area contributed by atoms with E-state index in [0.717, 1.165) is 23.7 Å². The SMILES string of the molecule is CC(C)CCOc1ccc(Br)cc1C(=O)Nc1ccc(S(=O)(=O)N2CCCC2)cc1. The highest BCUT2D eigenvalue weighted by Crippen LogP contribution is 2.26. The Labute approximate surface area is 186 Å². The number of hydrogen-bond acceptors (Lipinski definition) is 4. The molecule has 0 bridgehead atoms. The molecule has 0 unspecified atom stereocenters. The van der Waals surface area contributed by atoms with Crippen LogP contribution in [0.4, 0.5) is 5.69 Å². The second kappa shape index (κ2) is 9.94. The van der Waals surface area contributed by atoms with Gasteiger partial charge in [-0.1, -0.05) is 29.8 Å². The van der Waals surface area contributed by atoms with Gasteiger partial charge in [0.1, 0.15) is 5.75 Å². The molecule has 30 heavy (non-hydrogen) atoms. The average Bonchev–Trinajstić information content (AvgIpc) is 3.25. The van der Waals surface area contributed by atoms with Gasteiger partial charge in [0.05, 0.1) is 17.1 Å². The van der Waals surface area contributed by atoms with Gasteiger partial charge in [-0.15, -0.1) is 0 Å².